The van der Waals surface area contributed by atoms with Crippen LogP contribution in [0.25, 0.3) is 10.8 Å². The number of ketones is 1. The van der Waals surface area contributed by atoms with E-state index >= 15 is 0 Å². The van der Waals surface area contributed by atoms with E-state index in [2.05, 4.69) is 0 Å². The van der Waals surface area contributed by atoms with Crippen LogP contribution in [0.3, 0.4) is 0 Å². The zero-order valence-corrected chi connectivity index (χ0v) is 17.0. The number of aryl methyl sites for hydroxylation is 1. The van der Waals surface area contributed by atoms with Crippen molar-refractivity contribution in [2.45, 2.75) is 39.2 Å². The third kappa shape index (κ3) is 3.59. The van der Waals surface area contributed by atoms with Crippen LogP contribution in [-0.2, 0) is 25.5 Å². The third-order valence-electron chi connectivity index (χ3n) is 5.46. The Hall–Kier alpha value is -3.13. The second-order valence-corrected chi connectivity index (χ2v) is 7.31. The molecule has 0 aromatic heterocycles. The number of phenols is 2. The molecule has 0 heterocycles. The van der Waals surface area contributed by atoms with Gasteiger partial charge < -0.3 is 24.8 Å². The minimum atomic E-state index is -1.32. The maximum atomic E-state index is 12.4. The van der Waals surface area contributed by atoms with Crippen molar-refractivity contribution in [2.24, 2.45) is 5.92 Å². The fraction of sp³-hybridized carbons (Fsp3) is 0.409. The van der Waals surface area contributed by atoms with E-state index in [9.17, 15) is 29.7 Å². The van der Waals surface area contributed by atoms with Crippen molar-refractivity contribution in [2.75, 3.05) is 13.7 Å². The average Bonchev–Trinajstić information content (AvgIpc) is 2.69. The van der Waals surface area contributed by atoms with E-state index < -0.39 is 24.0 Å². The van der Waals surface area contributed by atoms with Crippen LogP contribution in [0.1, 0.15) is 52.9 Å². The number of hydrogen-bond acceptors (Lipinski definition) is 8. The van der Waals surface area contributed by atoms with Gasteiger partial charge in [-0.15, -0.1) is 0 Å². The SMILES string of the molecule is CCOC(=O)[C@@H](Cc1c(O)cc(C)c2c(O)c3c(cc12)[C@@H](O)CCC3=O)C(=O)OC. The number of phenolic OH excluding ortho intramolecular Hbond substituents is 2. The fourth-order valence-electron chi connectivity index (χ4n) is 4.00. The largest absolute Gasteiger partial charge is 0.508 e. The van der Waals surface area contributed by atoms with Crippen molar-refractivity contribution in [3.63, 3.8) is 0 Å². The molecular formula is C22H24O8. The first kappa shape index (κ1) is 21.6. The van der Waals surface area contributed by atoms with Crippen LogP contribution < -0.4 is 0 Å². The second kappa shape index (κ2) is 8.31. The molecule has 0 saturated heterocycles. The Bertz CT molecular complexity index is 1040. The van der Waals surface area contributed by atoms with Gasteiger partial charge in [-0.1, -0.05) is 0 Å². The number of carbonyl (C=O) groups excluding carboxylic acids is 3. The molecule has 0 aliphatic heterocycles. The molecule has 8 nitrogen and oxygen atoms in total. The van der Waals surface area contributed by atoms with Crippen molar-refractivity contribution in [3.05, 3.63) is 34.4 Å². The Morgan fingerprint density at radius 2 is 1.93 bits per heavy atom. The van der Waals surface area contributed by atoms with Gasteiger partial charge >= 0.3 is 11.9 Å². The summed E-state index contributed by atoms with van der Waals surface area (Å²) in [6.45, 7) is 3.33. The molecule has 0 amide bonds. The number of hydrogen-bond donors (Lipinski definition) is 3. The monoisotopic (exact) mass is 416 g/mol. The van der Waals surface area contributed by atoms with Gasteiger partial charge in [0.25, 0.3) is 0 Å². The van der Waals surface area contributed by atoms with E-state index in [0.717, 1.165) is 7.11 Å². The molecule has 0 unspecified atom stereocenters. The molecule has 8 heteroatoms. The lowest BCUT2D eigenvalue weighted by Crippen LogP contribution is -2.29. The Kier molecular flexibility index (Phi) is 5.98. The number of ether oxygens (including phenoxy) is 2. The topological polar surface area (TPSA) is 130 Å². The van der Waals surface area contributed by atoms with Gasteiger partial charge in [0.1, 0.15) is 11.5 Å². The van der Waals surface area contributed by atoms with Crippen molar-refractivity contribution >= 4 is 28.5 Å². The highest BCUT2D eigenvalue weighted by Crippen LogP contribution is 2.44. The van der Waals surface area contributed by atoms with E-state index in [1.807, 2.05) is 0 Å². The molecule has 0 bridgehead atoms. The number of aliphatic hydroxyl groups excluding tert-OH is 1. The predicted molar refractivity (Wildman–Crippen MR) is 106 cm³/mol. The normalized spacial score (nSPS) is 16.8. The Balaban J connectivity index is 2.26. The molecule has 0 fully saturated rings. The molecule has 2 aromatic carbocycles. The highest BCUT2D eigenvalue weighted by molar-refractivity contribution is 6.09. The molecule has 0 spiro atoms. The number of rotatable bonds is 5. The van der Waals surface area contributed by atoms with E-state index in [-0.39, 0.29) is 59.8 Å². The standard InChI is InChI=1S/C22H24O8/c1-4-30-22(28)14(21(27)29-3)8-11-12-9-13-15(23)5-6-16(24)19(13)20(26)18(12)10(2)7-17(11)25/h7,9,14-15,23,25-26H,4-6,8H2,1-3H3/t14-,15-/m0/s1. The van der Waals surface area contributed by atoms with Gasteiger partial charge in [0.15, 0.2) is 11.7 Å². The number of benzene rings is 2. The zero-order valence-electron chi connectivity index (χ0n) is 17.0. The number of fused-ring (bicyclic) bond motifs is 2. The molecule has 1 aliphatic carbocycles. The molecule has 1 aliphatic rings. The minimum absolute atomic E-state index is 0.0650. The summed E-state index contributed by atoms with van der Waals surface area (Å²) >= 11 is 0. The lowest BCUT2D eigenvalue weighted by molar-refractivity contribution is -0.160. The van der Waals surface area contributed by atoms with Crippen LogP contribution in [0, 0.1) is 12.8 Å². The minimum Gasteiger partial charge on any atom is -0.508 e. The lowest BCUT2D eigenvalue weighted by Gasteiger charge is -2.24. The number of aliphatic hydroxyl groups is 1. The molecule has 30 heavy (non-hydrogen) atoms. The quantitative estimate of drug-likeness (QED) is 0.501. The highest BCUT2D eigenvalue weighted by Gasteiger charge is 2.33. The van der Waals surface area contributed by atoms with E-state index in [1.165, 1.54) is 12.1 Å². The van der Waals surface area contributed by atoms with Crippen molar-refractivity contribution in [1.29, 1.82) is 0 Å². The Morgan fingerprint density at radius 3 is 2.57 bits per heavy atom. The Labute approximate surface area is 173 Å². The Morgan fingerprint density at radius 1 is 1.23 bits per heavy atom. The van der Waals surface area contributed by atoms with Crippen LogP contribution in [0.15, 0.2) is 12.1 Å². The fourth-order valence-corrected chi connectivity index (χ4v) is 4.00. The molecular weight excluding hydrogens is 392 g/mol. The third-order valence-corrected chi connectivity index (χ3v) is 5.46. The summed E-state index contributed by atoms with van der Waals surface area (Å²) in [5.41, 5.74) is 1.04. The van der Waals surface area contributed by atoms with Crippen molar-refractivity contribution < 1.29 is 39.2 Å². The van der Waals surface area contributed by atoms with Gasteiger partial charge in [-0.3, -0.25) is 14.4 Å². The number of carbonyl (C=O) groups is 3. The van der Waals surface area contributed by atoms with Crippen LogP contribution in [-0.4, -0.2) is 46.8 Å². The first-order valence-electron chi connectivity index (χ1n) is 9.67. The summed E-state index contributed by atoms with van der Waals surface area (Å²) in [4.78, 5) is 36.9. The molecule has 160 valence electrons. The molecule has 0 saturated carbocycles. The maximum absolute atomic E-state index is 12.4. The van der Waals surface area contributed by atoms with Gasteiger partial charge in [0.05, 0.1) is 25.4 Å². The first-order valence-corrected chi connectivity index (χ1v) is 9.67. The van der Waals surface area contributed by atoms with Crippen molar-refractivity contribution in [3.8, 4) is 11.5 Å². The molecule has 2 aromatic rings. The number of Topliss-reactive ketones (excluding diaryl/α,β-unsaturated/α-hetero) is 1. The summed E-state index contributed by atoms with van der Waals surface area (Å²) in [7, 11) is 1.14. The predicted octanol–water partition coefficient (Wildman–Crippen LogP) is 2.46. The van der Waals surface area contributed by atoms with Crippen LogP contribution >= 0.6 is 0 Å². The van der Waals surface area contributed by atoms with Crippen molar-refractivity contribution in [1.82, 2.24) is 0 Å². The number of aromatic hydroxyl groups is 2. The number of methoxy groups -OCH3 is 1. The van der Waals surface area contributed by atoms with E-state index in [4.69, 9.17) is 9.47 Å². The molecule has 3 rings (SSSR count). The van der Waals surface area contributed by atoms with Crippen LogP contribution in [0.4, 0.5) is 0 Å². The number of esters is 2. The maximum Gasteiger partial charge on any atom is 0.320 e. The summed E-state index contributed by atoms with van der Waals surface area (Å²) in [5.74, 6) is -3.68. The lowest BCUT2D eigenvalue weighted by atomic mass is 9.82. The molecule has 3 N–H and O–H groups in total. The van der Waals surface area contributed by atoms with Gasteiger partial charge in [0.2, 0.25) is 0 Å². The van der Waals surface area contributed by atoms with E-state index in [1.54, 1.807) is 13.8 Å². The molecule has 2 atom stereocenters. The summed E-state index contributed by atoms with van der Waals surface area (Å²) < 4.78 is 9.68. The summed E-state index contributed by atoms with van der Waals surface area (Å²) in [6, 6.07) is 2.93. The average molecular weight is 416 g/mol. The zero-order chi connectivity index (χ0) is 22.2. The van der Waals surface area contributed by atoms with E-state index in [0.29, 0.717) is 16.3 Å². The molecule has 0 radical (unpaired) electrons. The summed E-state index contributed by atoms with van der Waals surface area (Å²) in [6.07, 6.45) is -0.858. The van der Waals surface area contributed by atoms with Gasteiger partial charge in [0, 0.05) is 23.8 Å². The van der Waals surface area contributed by atoms with Crippen LogP contribution in [0.2, 0.25) is 0 Å². The van der Waals surface area contributed by atoms with Crippen LogP contribution in [0.5, 0.6) is 11.5 Å². The van der Waals surface area contributed by atoms with Gasteiger partial charge in [-0.05, 0) is 48.9 Å². The summed E-state index contributed by atoms with van der Waals surface area (Å²) in [5, 5.41) is 32.5. The van der Waals surface area contributed by atoms with Gasteiger partial charge in [-0.2, -0.15) is 0 Å². The highest BCUT2D eigenvalue weighted by atomic mass is 16.5. The van der Waals surface area contributed by atoms with Gasteiger partial charge in [-0.25, -0.2) is 0 Å². The smallest absolute Gasteiger partial charge is 0.320 e. The first-order chi connectivity index (χ1) is 14.2. The second-order valence-electron chi connectivity index (χ2n) is 7.31.